The molecule has 9 aromatic rings. The maximum Gasteiger partial charge on any atom is 0.197 e. The summed E-state index contributed by atoms with van der Waals surface area (Å²) in [5.41, 5.74) is 16.0. The lowest BCUT2D eigenvalue weighted by molar-refractivity contribution is 0.590. The van der Waals surface area contributed by atoms with Gasteiger partial charge in [0.15, 0.2) is 7.28 Å². The van der Waals surface area contributed by atoms with E-state index in [4.69, 9.17) is 0 Å². The minimum absolute atomic E-state index is 0.0101. The van der Waals surface area contributed by atoms with Gasteiger partial charge in [0.25, 0.3) is 0 Å². The zero-order valence-corrected chi connectivity index (χ0v) is 32.5. The number of nitrogens with one attached hydrogen (secondary N) is 1. The van der Waals surface area contributed by atoms with Crippen molar-refractivity contribution < 1.29 is 0 Å². The van der Waals surface area contributed by atoms with E-state index in [2.05, 4.69) is 210 Å². The minimum atomic E-state index is -0.0101. The van der Waals surface area contributed by atoms with Crippen molar-refractivity contribution in [2.45, 2.75) is 52.4 Å². The van der Waals surface area contributed by atoms with Crippen molar-refractivity contribution in [2.24, 2.45) is 0 Å². The summed E-state index contributed by atoms with van der Waals surface area (Å²) < 4.78 is 2.58. The molecule has 0 unspecified atom stereocenters. The Morgan fingerprint density at radius 3 is 1.91 bits per heavy atom. The third kappa shape index (κ3) is 5.48. The summed E-state index contributed by atoms with van der Waals surface area (Å²) in [7, 11) is 2.48. The van der Waals surface area contributed by atoms with E-state index in [0.29, 0.717) is 0 Å². The molecule has 55 heavy (non-hydrogen) atoms. The van der Waals surface area contributed by atoms with E-state index in [9.17, 15) is 0 Å². The molecule has 3 heteroatoms. The summed E-state index contributed by atoms with van der Waals surface area (Å²) in [6.07, 6.45) is 0. The Morgan fingerprint density at radius 1 is 0.509 bits per heavy atom. The molecule has 0 fully saturated rings. The molecule has 0 saturated heterocycles. The Balaban J connectivity index is 1.26. The van der Waals surface area contributed by atoms with Gasteiger partial charge < -0.3 is 9.88 Å². The van der Waals surface area contributed by atoms with Crippen molar-refractivity contribution in [1.29, 1.82) is 0 Å². The van der Waals surface area contributed by atoms with Gasteiger partial charge in [-0.3, -0.25) is 0 Å². The second-order valence-electron chi connectivity index (χ2n) is 17.4. The number of fused-ring (bicyclic) bond motifs is 8. The highest BCUT2D eigenvalue weighted by molar-refractivity contribution is 6.74. The molecule has 2 heterocycles. The van der Waals surface area contributed by atoms with Crippen LogP contribution < -0.4 is 16.2 Å². The van der Waals surface area contributed by atoms with Crippen LogP contribution in [0.5, 0.6) is 0 Å². The average Bonchev–Trinajstić information content (AvgIpc) is 3.52. The van der Waals surface area contributed by atoms with E-state index < -0.39 is 0 Å². The van der Waals surface area contributed by atoms with Crippen LogP contribution >= 0.6 is 0 Å². The van der Waals surface area contributed by atoms with E-state index in [1.807, 2.05) is 0 Å². The van der Waals surface area contributed by atoms with Gasteiger partial charge in [-0.25, -0.2) is 0 Å². The van der Waals surface area contributed by atoms with Crippen LogP contribution in [0.3, 0.4) is 0 Å². The first-order valence-electron chi connectivity index (χ1n) is 19.5. The van der Waals surface area contributed by atoms with Crippen LogP contribution in [0.25, 0.3) is 71.3 Å². The molecule has 0 aliphatic carbocycles. The fraction of sp³-hybridized carbons (Fsp3) is 0.154. The number of hydrogen-bond donors (Lipinski definition) is 1. The lowest BCUT2D eigenvalue weighted by atomic mass is 9.57. The summed E-state index contributed by atoms with van der Waals surface area (Å²) >= 11 is 0. The largest absolute Gasteiger partial charge is 0.355 e. The van der Waals surface area contributed by atoms with Crippen LogP contribution in [0.1, 0.15) is 52.7 Å². The molecule has 0 amide bonds. The molecule has 1 N–H and O–H groups in total. The van der Waals surface area contributed by atoms with E-state index in [0.717, 1.165) is 11.4 Å². The molecular weight excluding hydrogens is 663 g/mol. The Morgan fingerprint density at radius 2 is 1.16 bits per heavy atom. The average molecular weight is 708 g/mol. The van der Waals surface area contributed by atoms with Crippen molar-refractivity contribution in [1.82, 2.24) is 4.57 Å². The highest BCUT2D eigenvalue weighted by atomic mass is 15.0. The number of aromatic nitrogens is 1. The van der Waals surface area contributed by atoms with Gasteiger partial charge in [-0.15, -0.1) is 0 Å². The summed E-state index contributed by atoms with van der Waals surface area (Å²) in [6, 6.07) is 56.2. The van der Waals surface area contributed by atoms with Crippen LogP contribution in [0, 0.1) is 0 Å². The van der Waals surface area contributed by atoms with Crippen LogP contribution in [-0.4, -0.2) is 11.8 Å². The number of anilines is 2. The van der Waals surface area contributed by atoms with Crippen molar-refractivity contribution in [3.05, 3.63) is 163 Å². The normalized spacial score (nSPS) is 12.7. The summed E-state index contributed by atoms with van der Waals surface area (Å²) in [4.78, 5) is 0. The Bertz CT molecular complexity index is 2970. The maximum atomic E-state index is 3.89. The van der Waals surface area contributed by atoms with Crippen LogP contribution in [0.2, 0.25) is 0 Å². The van der Waals surface area contributed by atoms with Crippen LogP contribution in [0.15, 0.2) is 152 Å². The molecule has 0 atom stereocenters. The van der Waals surface area contributed by atoms with Crippen LogP contribution in [-0.2, 0) is 10.8 Å². The maximum absolute atomic E-state index is 3.89. The number of benzene rings is 8. The first-order valence-corrected chi connectivity index (χ1v) is 19.5. The molecule has 0 spiro atoms. The Labute approximate surface area is 324 Å². The van der Waals surface area contributed by atoms with Gasteiger partial charge in [-0.05, 0) is 103 Å². The highest BCUT2D eigenvalue weighted by Crippen LogP contribution is 2.43. The highest BCUT2D eigenvalue weighted by Gasteiger charge is 2.31. The lowest BCUT2D eigenvalue weighted by Gasteiger charge is -2.28. The second kappa shape index (κ2) is 12.2. The monoisotopic (exact) mass is 707 g/mol. The predicted molar refractivity (Wildman–Crippen MR) is 239 cm³/mol. The van der Waals surface area contributed by atoms with Gasteiger partial charge in [-0.2, -0.15) is 0 Å². The number of rotatable bonds is 4. The zero-order valence-electron chi connectivity index (χ0n) is 32.5. The molecular formula is C52H44BN2. The first-order chi connectivity index (χ1) is 26.5. The van der Waals surface area contributed by atoms with Crippen molar-refractivity contribution in [3.63, 3.8) is 0 Å². The van der Waals surface area contributed by atoms with Crippen molar-refractivity contribution >= 4 is 72.9 Å². The zero-order chi connectivity index (χ0) is 37.6. The van der Waals surface area contributed by atoms with E-state index in [1.54, 1.807) is 0 Å². The third-order valence-corrected chi connectivity index (χ3v) is 11.7. The minimum Gasteiger partial charge on any atom is -0.355 e. The van der Waals surface area contributed by atoms with E-state index in [1.165, 1.54) is 93.3 Å². The molecule has 1 aliphatic heterocycles. The van der Waals surface area contributed by atoms with Gasteiger partial charge in [0.1, 0.15) is 0 Å². The van der Waals surface area contributed by atoms with Crippen molar-refractivity contribution in [2.75, 3.05) is 5.32 Å². The van der Waals surface area contributed by atoms with Gasteiger partial charge >= 0.3 is 0 Å². The Kier molecular flexibility index (Phi) is 7.45. The molecule has 8 aromatic carbocycles. The summed E-state index contributed by atoms with van der Waals surface area (Å²) in [6.45, 7) is 13.9. The van der Waals surface area contributed by atoms with Gasteiger partial charge in [0, 0.05) is 44.3 Å². The number of hydrogen-bond acceptors (Lipinski definition) is 1. The predicted octanol–water partition coefficient (Wildman–Crippen LogP) is 12.7. The molecule has 10 rings (SSSR count). The summed E-state index contributed by atoms with van der Waals surface area (Å²) in [5.74, 6) is 0. The molecule has 1 aliphatic rings. The molecule has 2 nitrogen and oxygen atoms in total. The smallest absolute Gasteiger partial charge is 0.197 e. The molecule has 0 saturated carbocycles. The van der Waals surface area contributed by atoms with Gasteiger partial charge in [0.05, 0.1) is 5.52 Å². The van der Waals surface area contributed by atoms with E-state index in [-0.39, 0.29) is 10.8 Å². The van der Waals surface area contributed by atoms with E-state index >= 15 is 0 Å². The second-order valence-corrected chi connectivity index (χ2v) is 17.4. The molecule has 1 aromatic heterocycles. The van der Waals surface area contributed by atoms with Crippen LogP contribution in [0.4, 0.5) is 11.4 Å². The standard InChI is InChI=1S/C52H44BN2/c1-51(2,3)36-23-27-46-41(29-36)42-30-37(52(4,5)6)31-44-49(42)55(46)50-40-19-13-11-17-35(40)28-43(48(50)53-44)47-39-18-12-10-16-34(39)22-26-45(47)54-38-24-20-33(21-25-38)32-14-8-7-9-15-32/h7-31,54H,1-6H3. The van der Waals surface area contributed by atoms with Gasteiger partial charge in [-0.1, -0.05) is 156 Å². The SMILES string of the molecule is CC(C)(C)c1ccc2c(c1)c1cc(C(C)(C)C)cc3c1n2-c1c(c(-c2c(Nc4ccc(-c5ccccc5)cc4)ccc4ccccc24)cc2ccccc12)[B]3. The topological polar surface area (TPSA) is 17.0 Å². The quantitative estimate of drug-likeness (QED) is 0.180. The Hall–Kier alpha value is -6.06. The fourth-order valence-corrected chi connectivity index (χ4v) is 8.71. The molecule has 0 bridgehead atoms. The molecule has 1 radical (unpaired) electrons. The fourth-order valence-electron chi connectivity index (χ4n) is 8.71. The lowest BCUT2D eigenvalue weighted by Crippen LogP contribution is -2.38. The summed E-state index contributed by atoms with van der Waals surface area (Å²) in [5, 5.41) is 11.5. The van der Waals surface area contributed by atoms with Crippen molar-refractivity contribution in [3.8, 4) is 27.9 Å². The molecule has 265 valence electrons. The number of nitrogens with zero attached hydrogens (tertiary/aromatic N) is 1. The van der Waals surface area contributed by atoms with Gasteiger partial charge in [0.2, 0.25) is 0 Å². The first kappa shape index (κ1) is 33.5. The third-order valence-electron chi connectivity index (χ3n) is 11.7.